The van der Waals surface area contributed by atoms with Gasteiger partial charge in [-0.3, -0.25) is 0 Å². The number of rotatable bonds is 9. The van der Waals surface area contributed by atoms with Crippen LogP contribution in [0, 0.1) is 0 Å². The molecule has 45 heavy (non-hydrogen) atoms. The van der Waals surface area contributed by atoms with Gasteiger partial charge in [0.15, 0.2) is 0 Å². The Balaban J connectivity index is 1.30. The summed E-state index contributed by atoms with van der Waals surface area (Å²) < 4.78 is 0. The van der Waals surface area contributed by atoms with E-state index >= 15 is 0 Å². The number of anilines is 3. The standard InChI is InChI=1S/C44H41N/c1-3-12-37(38(13-4-2)39-24-20-30-14-11-15-31-21-25-40(39)43(30)31)34-28-32-22-26-41-42(27-23-33(29-34)44(32)41)45(35-16-7-5-8-17-35)36-18-9-6-10-19-36/h5-11,14-20,23-24,27-29H,3-4,12-13,21-22,25-26H2,1-2H3. The van der Waals surface area contributed by atoms with Crippen LogP contribution < -0.4 is 4.90 Å². The van der Waals surface area contributed by atoms with Gasteiger partial charge in [-0.1, -0.05) is 106 Å². The zero-order valence-corrected chi connectivity index (χ0v) is 26.6. The fourth-order valence-electron chi connectivity index (χ4n) is 8.26. The molecule has 0 heterocycles. The molecule has 1 heteroatoms. The van der Waals surface area contributed by atoms with Crippen molar-refractivity contribution >= 4 is 49.8 Å². The molecule has 0 aromatic heterocycles. The lowest BCUT2D eigenvalue weighted by atomic mass is 9.84. The van der Waals surface area contributed by atoms with Crippen molar-refractivity contribution in [1.29, 1.82) is 0 Å². The number of hydrogen-bond acceptors (Lipinski definition) is 1. The summed E-state index contributed by atoms with van der Waals surface area (Å²) in [6.07, 6.45) is 9.04. The number of allylic oxidation sites excluding steroid dienone is 2. The Hall–Kier alpha value is -4.62. The van der Waals surface area contributed by atoms with Crippen molar-refractivity contribution in [2.24, 2.45) is 0 Å². The highest BCUT2D eigenvalue weighted by atomic mass is 15.1. The first-order valence-electron chi connectivity index (χ1n) is 17.0. The molecule has 0 saturated carbocycles. The molecule has 0 unspecified atom stereocenters. The number of hydrogen-bond donors (Lipinski definition) is 0. The predicted octanol–water partition coefficient (Wildman–Crippen LogP) is 12.2. The van der Waals surface area contributed by atoms with E-state index in [0.29, 0.717) is 0 Å². The van der Waals surface area contributed by atoms with Crippen molar-refractivity contribution in [3.05, 3.63) is 149 Å². The summed E-state index contributed by atoms with van der Waals surface area (Å²) in [6, 6.07) is 43.2. The molecule has 0 saturated heterocycles. The van der Waals surface area contributed by atoms with Crippen LogP contribution in [-0.4, -0.2) is 0 Å². The Kier molecular flexibility index (Phi) is 7.26. The maximum atomic E-state index is 2.56. The summed E-state index contributed by atoms with van der Waals surface area (Å²) in [7, 11) is 0. The number of para-hydroxylation sites is 2. The molecular formula is C44H41N. The van der Waals surface area contributed by atoms with Gasteiger partial charge in [-0.15, -0.1) is 0 Å². The third kappa shape index (κ3) is 4.77. The van der Waals surface area contributed by atoms with E-state index in [1.165, 1.54) is 72.8 Å². The molecule has 6 aromatic rings. The SMILES string of the molecule is CCCC(=C(CCC)c1ccc2cccc3c2c1CC3)c1cc2c3c(c(N(c4ccccc4)c4ccccc4)ccc3c1)CC2. The molecule has 0 radical (unpaired) electrons. The topological polar surface area (TPSA) is 3.24 Å². The second kappa shape index (κ2) is 11.7. The van der Waals surface area contributed by atoms with Crippen LogP contribution in [0.15, 0.2) is 115 Å². The van der Waals surface area contributed by atoms with Gasteiger partial charge in [-0.2, -0.15) is 0 Å². The van der Waals surface area contributed by atoms with Crippen molar-refractivity contribution in [2.75, 3.05) is 4.90 Å². The van der Waals surface area contributed by atoms with Gasteiger partial charge in [-0.05, 0) is 141 Å². The molecule has 0 aliphatic heterocycles. The van der Waals surface area contributed by atoms with E-state index in [9.17, 15) is 0 Å². The van der Waals surface area contributed by atoms with Gasteiger partial charge in [0.05, 0.1) is 0 Å². The molecule has 222 valence electrons. The van der Waals surface area contributed by atoms with Crippen LogP contribution in [0.25, 0.3) is 32.7 Å². The second-order valence-electron chi connectivity index (χ2n) is 12.9. The van der Waals surface area contributed by atoms with E-state index in [1.807, 2.05) is 0 Å². The van der Waals surface area contributed by atoms with Crippen molar-refractivity contribution in [3.8, 4) is 0 Å². The van der Waals surface area contributed by atoms with E-state index in [-0.39, 0.29) is 0 Å². The lowest BCUT2D eigenvalue weighted by Crippen LogP contribution is -2.11. The van der Waals surface area contributed by atoms with Gasteiger partial charge < -0.3 is 4.90 Å². The quantitative estimate of drug-likeness (QED) is 0.153. The van der Waals surface area contributed by atoms with Crippen LogP contribution in [0.3, 0.4) is 0 Å². The van der Waals surface area contributed by atoms with Crippen LogP contribution in [-0.2, 0) is 25.7 Å². The van der Waals surface area contributed by atoms with Crippen LogP contribution in [0.5, 0.6) is 0 Å². The zero-order valence-electron chi connectivity index (χ0n) is 26.6. The van der Waals surface area contributed by atoms with Gasteiger partial charge in [0.2, 0.25) is 0 Å². The van der Waals surface area contributed by atoms with Crippen molar-refractivity contribution in [1.82, 2.24) is 0 Å². The third-order valence-electron chi connectivity index (χ3n) is 10.1. The summed E-state index contributed by atoms with van der Waals surface area (Å²) >= 11 is 0. The van der Waals surface area contributed by atoms with Gasteiger partial charge in [0, 0.05) is 17.1 Å². The summed E-state index contributed by atoms with van der Waals surface area (Å²) in [5.74, 6) is 0. The monoisotopic (exact) mass is 583 g/mol. The molecule has 0 spiro atoms. The highest BCUT2D eigenvalue weighted by Crippen LogP contribution is 2.46. The average Bonchev–Trinajstić information content (AvgIpc) is 3.72. The molecule has 2 aliphatic rings. The van der Waals surface area contributed by atoms with Crippen LogP contribution >= 0.6 is 0 Å². The molecule has 6 aromatic carbocycles. The highest BCUT2D eigenvalue weighted by molar-refractivity contribution is 6.03. The van der Waals surface area contributed by atoms with E-state index in [1.54, 1.807) is 16.7 Å². The van der Waals surface area contributed by atoms with E-state index < -0.39 is 0 Å². The number of aryl methyl sites for hydroxylation is 4. The summed E-state index contributed by atoms with van der Waals surface area (Å²) in [5.41, 5.74) is 15.9. The fourth-order valence-corrected chi connectivity index (χ4v) is 8.26. The molecule has 2 aliphatic carbocycles. The molecule has 8 rings (SSSR count). The Morgan fingerprint density at radius 2 is 1.18 bits per heavy atom. The third-order valence-corrected chi connectivity index (χ3v) is 10.1. The summed E-state index contributed by atoms with van der Waals surface area (Å²) in [4.78, 5) is 2.44. The fraction of sp³-hybridized carbons (Fsp3) is 0.227. The second-order valence-corrected chi connectivity index (χ2v) is 12.9. The normalized spacial score (nSPS) is 13.9. The Morgan fingerprint density at radius 1 is 0.533 bits per heavy atom. The van der Waals surface area contributed by atoms with Crippen LogP contribution in [0.4, 0.5) is 17.1 Å². The summed E-state index contributed by atoms with van der Waals surface area (Å²) in [5, 5.41) is 5.78. The first-order chi connectivity index (χ1) is 22.2. The van der Waals surface area contributed by atoms with Gasteiger partial charge in [-0.25, -0.2) is 0 Å². The maximum absolute atomic E-state index is 2.56. The Labute approximate surface area is 267 Å². The average molecular weight is 584 g/mol. The molecule has 0 N–H and O–H groups in total. The summed E-state index contributed by atoms with van der Waals surface area (Å²) in [6.45, 7) is 4.68. The highest BCUT2D eigenvalue weighted by Gasteiger charge is 2.25. The Bertz CT molecular complexity index is 2030. The van der Waals surface area contributed by atoms with Crippen LogP contribution in [0.2, 0.25) is 0 Å². The molecule has 0 fully saturated rings. The van der Waals surface area contributed by atoms with Crippen LogP contribution in [0.1, 0.15) is 72.9 Å². The van der Waals surface area contributed by atoms with Crippen molar-refractivity contribution in [2.45, 2.75) is 65.2 Å². The van der Waals surface area contributed by atoms with Gasteiger partial charge in [0.1, 0.15) is 0 Å². The number of nitrogens with zero attached hydrogens (tertiary/aromatic N) is 1. The predicted molar refractivity (Wildman–Crippen MR) is 194 cm³/mol. The van der Waals surface area contributed by atoms with E-state index in [0.717, 1.165) is 44.9 Å². The largest absolute Gasteiger partial charge is 0.310 e. The first-order valence-corrected chi connectivity index (χ1v) is 17.0. The van der Waals surface area contributed by atoms with Crippen molar-refractivity contribution < 1.29 is 0 Å². The van der Waals surface area contributed by atoms with E-state index in [2.05, 4.69) is 134 Å². The smallest absolute Gasteiger partial charge is 0.0500 e. The van der Waals surface area contributed by atoms with Gasteiger partial charge in [0.25, 0.3) is 0 Å². The Morgan fingerprint density at radius 3 is 1.91 bits per heavy atom. The molecular weight excluding hydrogens is 542 g/mol. The molecule has 0 bridgehead atoms. The first kappa shape index (κ1) is 27.9. The molecule has 0 amide bonds. The number of benzene rings is 6. The minimum absolute atomic E-state index is 1.08. The van der Waals surface area contributed by atoms with Gasteiger partial charge >= 0.3 is 0 Å². The van der Waals surface area contributed by atoms with Crippen molar-refractivity contribution in [3.63, 3.8) is 0 Å². The molecule has 0 atom stereocenters. The minimum atomic E-state index is 1.08. The maximum Gasteiger partial charge on any atom is 0.0500 e. The minimum Gasteiger partial charge on any atom is -0.310 e. The lowest BCUT2D eigenvalue weighted by molar-refractivity contribution is 0.940. The zero-order chi connectivity index (χ0) is 30.3. The lowest BCUT2D eigenvalue weighted by Gasteiger charge is -2.27. The molecule has 1 nitrogen and oxygen atoms in total. The van der Waals surface area contributed by atoms with E-state index in [4.69, 9.17) is 0 Å².